The van der Waals surface area contributed by atoms with E-state index >= 15 is 0 Å². The zero-order chi connectivity index (χ0) is 21.4. The van der Waals surface area contributed by atoms with E-state index in [-0.39, 0.29) is 6.54 Å². The molecule has 158 valence electrons. The van der Waals surface area contributed by atoms with Crippen LogP contribution in [-0.2, 0) is 19.3 Å². The summed E-state index contributed by atoms with van der Waals surface area (Å²) in [5.41, 5.74) is 0.605. The molecule has 0 aromatic heterocycles. The van der Waals surface area contributed by atoms with Gasteiger partial charge in [0.2, 0.25) is 0 Å². The van der Waals surface area contributed by atoms with Crippen LogP contribution in [0.15, 0.2) is 41.4 Å². The number of ether oxygens (including phenoxy) is 3. The minimum absolute atomic E-state index is 0.187. The molecule has 0 saturated carbocycles. The summed E-state index contributed by atoms with van der Waals surface area (Å²) in [6, 6.07) is 8.65. The Kier molecular flexibility index (Phi) is 7.58. The van der Waals surface area contributed by atoms with E-state index in [0.29, 0.717) is 35.3 Å². The van der Waals surface area contributed by atoms with Crippen molar-refractivity contribution in [3.05, 3.63) is 53.1 Å². The van der Waals surface area contributed by atoms with E-state index in [1.807, 2.05) is 0 Å². The van der Waals surface area contributed by atoms with Crippen molar-refractivity contribution in [1.29, 1.82) is 0 Å². The van der Waals surface area contributed by atoms with Gasteiger partial charge in [-0.2, -0.15) is 13.2 Å². The third-order valence-electron chi connectivity index (χ3n) is 4.17. The second-order valence-corrected chi connectivity index (χ2v) is 6.00. The summed E-state index contributed by atoms with van der Waals surface area (Å²) in [7, 11) is 6.20. The number of benzene rings is 2. The van der Waals surface area contributed by atoms with Gasteiger partial charge in [-0.1, -0.05) is 12.1 Å². The van der Waals surface area contributed by atoms with Crippen LogP contribution in [0.5, 0.6) is 17.2 Å². The van der Waals surface area contributed by atoms with Crippen LogP contribution in [0, 0.1) is 0 Å². The van der Waals surface area contributed by atoms with Crippen molar-refractivity contribution in [2.45, 2.75) is 19.3 Å². The van der Waals surface area contributed by atoms with E-state index in [0.717, 1.165) is 17.7 Å². The summed E-state index contributed by atoms with van der Waals surface area (Å²) in [5.74, 6) is 2.12. The molecule has 2 N–H and O–H groups in total. The summed E-state index contributed by atoms with van der Waals surface area (Å²) in [4.78, 5) is 4.10. The Labute approximate surface area is 167 Å². The van der Waals surface area contributed by atoms with Crippen molar-refractivity contribution >= 4 is 5.96 Å². The maximum atomic E-state index is 12.8. The third kappa shape index (κ3) is 5.94. The number of rotatable bonds is 7. The molecule has 0 spiro atoms. The van der Waals surface area contributed by atoms with Gasteiger partial charge in [-0.15, -0.1) is 0 Å². The molecule has 9 heteroatoms. The fraction of sp³-hybridized carbons (Fsp3) is 0.350. The smallest absolute Gasteiger partial charge is 0.416 e. The van der Waals surface area contributed by atoms with Crippen LogP contribution < -0.4 is 24.8 Å². The van der Waals surface area contributed by atoms with Crippen molar-refractivity contribution in [1.82, 2.24) is 10.6 Å². The lowest BCUT2D eigenvalue weighted by atomic mass is 10.1. The van der Waals surface area contributed by atoms with Crippen LogP contribution in [0.1, 0.15) is 16.7 Å². The number of hydrogen-bond donors (Lipinski definition) is 2. The molecule has 0 aliphatic rings. The molecule has 2 aromatic rings. The number of nitrogens with zero attached hydrogens (tertiary/aromatic N) is 1. The molecule has 0 heterocycles. The van der Waals surface area contributed by atoms with Gasteiger partial charge in [-0.3, -0.25) is 4.99 Å². The van der Waals surface area contributed by atoms with Crippen LogP contribution >= 0.6 is 0 Å². The highest BCUT2D eigenvalue weighted by Crippen LogP contribution is 2.34. The van der Waals surface area contributed by atoms with Crippen molar-refractivity contribution in [3.8, 4) is 17.2 Å². The molecule has 0 aliphatic heterocycles. The molecule has 0 saturated heterocycles. The molecule has 6 nitrogen and oxygen atoms in total. The fourth-order valence-electron chi connectivity index (χ4n) is 2.67. The lowest BCUT2D eigenvalue weighted by molar-refractivity contribution is -0.137. The van der Waals surface area contributed by atoms with Crippen molar-refractivity contribution in [2.75, 3.05) is 28.4 Å². The minimum atomic E-state index is -4.38. The number of nitrogens with one attached hydrogen (secondary N) is 2. The summed E-state index contributed by atoms with van der Waals surface area (Å²) < 4.78 is 54.5. The van der Waals surface area contributed by atoms with Crippen LogP contribution in [0.4, 0.5) is 13.2 Å². The van der Waals surface area contributed by atoms with Gasteiger partial charge in [-0.05, 0) is 23.8 Å². The summed E-state index contributed by atoms with van der Waals surface area (Å²) in [5, 5.41) is 6.10. The molecule has 0 amide bonds. The molecule has 2 rings (SSSR count). The summed E-state index contributed by atoms with van der Waals surface area (Å²) in [6.07, 6.45) is -4.38. The van der Waals surface area contributed by atoms with E-state index in [9.17, 15) is 13.2 Å². The molecule has 2 aromatic carbocycles. The van der Waals surface area contributed by atoms with Crippen molar-refractivity contribution in [3.63, 3.8) is 0 Å². The Morgan fingerprint density at radius 1 is 0.897 bits per heavy atom. The van der Waals surface area contributed by atoms with E-state index in [1.165, 1.54) is 20.3 Å². The number of methoxy groups -OCH3 is 3. The second kappa shape index (κ2) is 9.90. The van der Waals surface area contributed by atoms with Gasteiger partial charge >= 0.3 is 6.18 Å². The first-order chi connectivity index (χ1) is 13.8. The maximum absolute atomic E-state index is 12.8. The Hall–Kier alpha value is -3.10. The normalized spacial score (nSPS) is 11.8. The fourth-order valence-corrected chi connectivity index (χ4v) is 2.67. The Bertz CT molecular complexity index is 855. The van der Waals surface area contributed by atoms with Crippen molar-refractivity contribution < 1.29 is 27.4 Å². The topological polar surface area (TPSA) is 64.1 Å². The van der Waals surface area contributed by atoms with E-state index in [2.05, 4.69) is 15.6 Å². The number of halogens is 3. The third-order valence-corrected chi connectivity index (χ3v) is 4.17. The first kappa shape index (κ1) is 22.2. The Morgan fingerprint density at radius 2 is 1.52 bits per heavy atom. The highest BCUT2D eigenvalue weighted by Gasteiger charge is 2.30. The highest BCUT2D eigenvalue weighted by atomic mass is 19.4. The predicted octanol–water partition coefficient (Wildman–Crippen LogP) is 3.60. The van der Waals surface area contributed by atoms with Crippen LogP contribution in [-0.4, -0.2) is 34.3 Å². The lowest BCUT2D eigenvalue weighted by Crippen LogP contribution is -2.36. The zero-order valence-electron chi connectivity index (χ0n) is 16.7. The first-order valence-corrected chi connectivity index (χ1v) is 8.72. The van der Waals surface area contributed by atoms with E-state index < -0.39 is 11.7 Å². The van der Waals surface area contributed by atoms with E-state index in [1.54, 1.807) is 32.4 Å². The van der Waals surface area contributed by atoms with Gasteiger partial charge in [0.15, 0.2) is 17.5 Å². The summed E-state index contributed by atoms with van der Waals surface area (Å²) >= 11 is 0. The first-order valence-electron chi connectivity index (χ1n) is 8.72. The molecular formula is C20H24F3N3O3. The number of guanidine groups is 1. The molecule has 0 aliphatic carbocycles. The van der Waals surface area contributed by atoms with Gasteiger partial charge in [0.25, 0.3) is 0 Å². The molecular weight excluding hydrogens is 387 g/mol. The van der Waals surface area contributed by atoms with Gasteiger partial charge in [-0.25, -0.2) is 0 Å². The molecule has 0 unspecified atom stereocenters. The Balaban J connectivity index is 2.05. The average molecular weight is 411 g/mol. The van der Waals surface area contributed by atoms with E-state index in [4.69, 9.17) is 14.2 Å². The zero-order valence-corrected chi connectivity index (χ0v) is 16.7. The van der Waals surface area contributed by atoms with Crippen molar-refractivity contribution in [2.24, 2.45) is 4.99 Å². The van der Waals surface area contributed by atoms with Gasteiger partial charge < -0.3 is 24.8 Å². The highest BCUT2D eigenvalue weighted by molar-refractivity contribution is 5.79. The maximum Gasteiger partial charge on any atom is 0.416 e. The number of alkyl halides is 3. The van der Waals surface area contributed by atoms with Gasteiger partial charge in [0.05, 0.1) is 26.9 Å². The molecule has 0 atom stereocenters. The monoisotopic (exact) mass is 411 g/mol. The second-order valence-electron chi connectivity index (χ2n) is 6.00. The van der Waals surface area contributed by atoms with Gasteiger partial charge in [0, 0.05) is 31.8 Å². The standard InChI is InChI=1S/C20H24F3N3O3/c1-24-19(25-11-13-6-5-7-15(8-13)20(21,22)23)26-12-14-9-17(28-3)18(29-4)10-16(14)27-2/h5-10H,11-12H2,1-4H3,(H2,24,25,26). The van der Waals surface area contributed by atoms with Crippen LogP contribution in [0.25, 0.3) is 0 Å². The molecule has 29 heavy (non-hydrogen) atoms. The largest absolute Gasteiger partial charge is 0.496 e. The molecule has 0 bridgehead atoms. The Morgan fingerprint density at radius 3 is 2.10 bits per heavy atom. The quantitative estimate of drug-likeness (QED) is 0.539. The number of aliphatic imine (C=N–C) groups is 1. The van der Waals surface area contributed by atoms with Crippen LogP contribution in [0.2, 0.25) is 0 Å². The molecule has 0 fully saturated rings. The SMILES string of the molecule is CN=C(NCc1cccc(C(F)(F)F)c1)NCc1cc(OC)c(OC)cc1OC. The van der Waals surface area contributed by atoms with Crippen LogP contribution in [0.3, 0.4) is 0 Å². The molecule has 0 radical (unpaired) electrons. The average Bonchev–Trinajstić information content (AvgIpc) is 2.72. The predicted molar refractivity (Wildman–Crippen MR) is 105 cm³/mol. The lowest BCUT2D eigenvalue weighted by Gasteiger charge is -2.16. The number of hydrogen-bond acceptors (Lipinski definition) is 4. The summed E-state index contributed by atoms with van der Waals surface area (Å²) in [6.45, 7) is 0.540. The minimum Gasteiger partial charge on any atom is -0.496 e. The van der Waals surface area contributed by atoms with Gasteiger partial charge in [0.1, 0.15) is 5.75 Å².